The van der Waals surface area contributed by atoms with Crippen molar-refractivity contribution >= 4 is 11.8 Å². The van der Waals surface area contributed by atoms with Crippen molar-refractivity contribution < 1.29 is 18.3 Å². The predicted octanol–water partition coefficient (Wildman–Crippen LogP) is 4.62. The second kappa shape index (κ2) is 5.89. The first-order chi connectivity index (χ1) is 9.38. The largest absolute Gasteiger partial charge is 0.389 e. The molecule has 1 N–H and O–H groups in total. The maximum Gasteiger partial charge on any atom is 0.159 e. The lowest BCUT2D eigenvalue weighted by molar-refractivity contribution is 0.196. The summed E-state index contributed by atoms with van der Waals surface area (Å²) in [5.74, 6) is -2.26. The molecule has 1 atom stereocenters. The second-order valence-corrected chi connectivity index (χ2v) is 5.61. The van der Waals surface area contributed by atoms with Crippen LogP contribution in [0.4, 0.5) is 13.2 Å². The zero-order chi connectivity index (χ0) is 14.9. The first-order valence-electron chi connectivity index (χ1n) is 5.99. The Balaban J connectivity index is 2.41. The van der Waals surface area contributed by atoms with E-state index >= 15 is 0 Å². The van der Waals surface area contributed by atoms with E-state index in [1.165, 1.54) is 19.1 Å². The van der Waals surface area contributed by atoms with Gasteiger partial charge in [0.1, 0.15) is 5.82 Å². The minimum Gasteiger partial charge on any atom is -0.389 e. The van der Waals surface area contributed by atoms with Crippen molar-refractivity contribution in [2.75, 3.05) is 0 Å². The van der Waals surface area contributed by atoms with Crippen LogP contribution in [-0.4, -0.2) is 5.11 Å². The van der Waals surface area contributed by atoms with Crippen LogP contribution in [0.1, 0.15) is 24.2 Å². The van der Waals surface area contributed by atoms with E-state index in [2.05, 4.69) is 0 Å². The standard InChI is InChI=1S/C15H13F3OS/c1-8-5-15(11(9(2)19)7-13(8)17)20-10-3-4-12(16)14(18)6-10/h3-7,9,19H,1-2H3/t9-/m1/s1. The molecule has 20 heavy (non-hydrogen) atoms. The van der Waals surface area contributed by atoms with Gasteiger partial charge in [0.2, 0.25) is 0 Å². The Hall–Kier alpha value is -1.46. The molecule has 0 aliphatic carbocycles. The van der Waals surface area contributed by atoms with Crippen molar-refractivity contribution in [1.82, 2.24) is 0 Å². The fraction of sp³-hybridized carbons (Fsp3) is 0.200. The number of benzene rings is 2. The minimum absolute atomic E-state index is 0.407. The number of aryl methyl sites for hydroxylation is 1. The SMILES string of the molecule is Cc1cc(Sc2ccc(F)c(F)c2)c([C@@H](C)O)cc1F. The third-order valence-electron chi connectivity index (χ3n) is 2.86. The van der Waals surface area contributed by atoms with Crippen LogP contribution in [0.15, 0.2) is 40.1 Å². The number of hydrogen-bond donors (Lipinski definition) is 1. The molecule has 5 heteroatoms. The van der Waals surface area contributed by atoms with E-state index in [1.807, 2.05) is 0 Å². The summed E-state index contributed by atoms with van der Waals surface area (Å²) in [4.78, 5) is 1.10. The molecule has 0 fully saturated rings. The van der Waals surface area contributed by atoms with E-state index in [-0.39, 0.29) is 0 Å². The summed E-state index contributed by atoms with van der Waals surface area (Å²) in [7, 11) is 0. The Bertz CT molecular complexity index is 641. The first-order valence-corrected chi connectivity index (χ1v) is 6.81. The smallest absolute Gasteiger partial charge is 0.159 e. The predicted molar refractivity (Wildman–Crippen MR) is 72.3 cm³/mol. The Morgan fingerprint density at radius 2 is 1.70 bits per heavy atom. The molecule has 0 saturated carbocycles. The van der Waals surface area contributed by atoms with E-state index in [0.717, 1.165) is 23.9 Å². The van der Waals surface area contributed by atoms with Gasteiger partial charge >= 0.3 is 0 Å². The summed E-state index contributed by atoms with van der Waals surface area (Å²) in [6.45, 7) is 3.13. The van der Waals surface area contributed by atoms with Gasteiger partial charge in [-0.2, -0.15) is 0 Å². The quantitative estimate of drug-likeness (QED) is 0.892. The van der Waals surface area contributed by atoms with Crippen molar-refractivity contribution in [3.05, 3.63) is 58.9 Å². The van der Waals surface area contributed by atoms with Crippen LogP contribution in [0.2, 0.25) is 0 Å². The van der Waals surface area contributed by atoms with E-state index in [0.29, 0.717) is 20.9 Å². The van der Waals surface area contributed by atoms with E-state index < -0.39 is 23.6 Å². The summed E-state index contributed by atoms with van der Waals surface area (Å²) >= 11 is 1.15. The van der Waals surface area contributed by atoms with Crippen LogP contribution >= 0.6 is 11.8 Å². The zero-order valence-corrected chi connectivity index (χ0v) is 11.8. The van der Waals surface area contributed by atoms with Crippen LogP contribution in [0, 0.1) is 24.4 Å². The van der Waals surface area contributed by atoms with Gasteiger partial charge < -0.3 is 5.11 Å². The molecule has 2 aromatic carbocycles. The molecular formula is C15H13F3OS. The van der Waals surface area contributed by atoms with Crippen LogP contribution in [0.5, 0.6) is 0 Å². The Labute approximate surface area is 119 Å². The number of halogens is 3. The zero-order valence-electron chi connectivity index (χ0n) is 11.0. The molecule has 1 nitrogen and oxygen atoms in total. The van der Waals surface area contributed by atoms with Crippen LogP contribution in [-0.2, 0) is 0 Å². The van der Waals surface area contributed by atoms with Gasteiger partial charge in [0.25, 0.3) is 0 Å². The van der Waals surface area contributed by atoms with Crippen molar-refractivity contribution in [1.29, 1.82) is 0 Å². The number of aliphatic hydroxyl groups is 1. The molecule has 0 bridgehead atoms. The average Bonchev–Trinajstić information content (AvgIpc) is 2.37. The third-order valence-corrected chi connectivity index (χ3v) is 3.92. The van der Waals surface area contributed by atoms with Gasteiger partial charge in [0, 0.05) is 9.79 Å². The van der Waals surface area contributed by atoms with Crippen LogP contribution in [0.25, 0.3) is 0 Å². The van der Waals surface area contributed by atoms with Gasteiger partial charge in [-0.15, -0.1) is 0 Å². The summed E-state index contributed by atoms with van der Waals surface area (Å²) in [5, 5.41) is 9.68. The van der Waals surface area contributed by atoms with E-state index in [1.54, 1.807) is 13.0 Å². The summed E-state index contributed by atoms with van der Waals surface area (Å²) in [6.07, 6.45) is -0.849. The highest BCUT2D eigenvalue weighted by Crippen LogP contribution is 2.35. The molecule has 0 radical (unpaired) electrons. The molecule has 0 saturated heterocycles. The lowest BCUT2D eigenvalue weighted by Gasteiger charge is -2.13. The Morgan fingerprint density at radius 1 is 1.00 bits per heavy atom. The molecule has 106 valence electrons. The Kier molecular flexibility index (Phi) is 4.40. The lowest BCUT2D eigenvalue weighted by atomic mass is 10.1. The van der Waals surface area contributed by atoms with Gasteiger partial charge in [0.15, 0.2) is 11.6 Å². The average molecular weight is 298 g/mol. The molecule has 0 aliphatic heterocycles. The maximum absolute atomic E-state index is 13.5. The molecule has 0 spiro atoms. The molecule has 0 unspecified atom stereocenters. The monoisotopic (exact) mass is 298 g/mol. The molecule has 0 amide bonds. The molecule has 2 aromatic rings. The highest BCUT2D eigenvalue weighted by molar-refractivity contribution is 7.99. The molecule has 0 aromatic heterocycles. The van der Waals surface area contributed by atoms with Gasteiger partial charge in [0.05, 0.1) is 6.10 Å². The fourth-order valence-corrected chi connectivity index (χ4v) is 2.89. The summed E-state index contributed by atoms with van der Waals surface area (Å²) in [5.41, 5.74) is 0.849. The summed E-state index contributed by atoms with van der Waals surface area (Å²) < 4.78 is 39.6. The van der Waals surface area contributed by atoms with Gasteiger partial charge in [-0.3, -0.25) is 0 Å². The van der Waals surface area contributed by atoms with Gasteiger partial charge in [-0.1, -0.05) is 11.8 Å². The molecule has 0 heterocycles. The normalized spacial score (nSPS) is 12.5. The van der Waals surface area contributed by atoms with Crippen molar-refractivity contribution in [3.63, 3.8) is 0 Å². The number of aliphatic hydroxyl groups excluding tert-OH is 1. The number of rotatable bonds is 3. The van der Waals surface area contributed by atoms with Crippen molar-refractivity contribution in [3.8, 4) is 0 Å². The summed E-state index contributed by atoms with van der Waals surface area (Å²) in [6, 6.07) is 6.40. The molecule has 0 aliphatic rings. The second-order valence-electron chi connectivity index (χ2n) is 4.49. The number of hydrogen-bond acceptors (Lipinski definition) is 2. The topological polar surface area (TPSA) is 20.2 Å². The van der Waals surface area contributed by atoms with Crippen LogP contribution in [0.3, 0.4) is 0 Å². The van der Waals surface area contributed by atoms with E-state index in [4.69, 9.17) is 0 Å². The third kappa shape index (κ3) is 3.16. The first kappa shape index (κ1) is 14.9. The fourth-order valence-electron chi connectivity index (χ4n) is 1.75. The van der Waals surface area contributed by atoms with Crippen molar-refractivity contribution in [2.45, 2.75) is 29.7 Å². The molecular weight excluding hydrogens is 285 g/mol. The maximum atomic E-state index is 13.5. The molecule has 2 rings (SSSR count). The highest BCUT2D eigenvalue weighted by Gasteiger charge is 2.14. The van der Waals surface area contributed by atoms with E-state index in [9.17, 15) is 18.3 Å². The van der Waals surface area contributed by atoms with Crippen LogP contribution < -0.4 is 0 Å². The highest BCUT2D eigenvalue weighted by atomic mass is 32.2. The Morgan fingerprint density at radius 3 is 2.30 bits per heavy atom. The van der Waals surface area contributed by atoms with Gasteiger partial charge in [-0.05, 0) is 55.3 Å². The lowest BCUT2D eigenvalue weighted by Crippen LogP contribution is -1.97. The van der Waals surface area contributed by atoms with Gasteiger partial charge in [-0.25, -0.2) is 13.2 Å². The van der Waals surface area contributed by atoms with Crippen molar-refractivity contribution in [2.24, 2.45) is 0 Å². The minimum atomic E-state index is -0.938.